The Balaban J connectivity index is 1.99. The first kappa shape index (κ1) is 16.9. The van der Waals surface area contributed by atoms with E-state index in [-0.39, 0.29) is 16.5 Å². The monoisotopic (exact) mass is 355 g/mol. The second-order valence-electron chi connectivity index (χ2n) is 5.75. The van der Waals surface area contributed by atoms with Gasteiger partial charge in [-0.15, -0.1) is 0 Å². The lowest BCUT2D eigenvalue weighted by molar-refractivity contribution is -0.187. The number of aliphatic carboxylic acids is 1. The van der Waals surface area contributed by atoms with E-state index in [1.54, 1.807) is 12.1 Å². The zero-order valence-electron chi connectivity index (χ0n) is 12.6. The molecule has 2 N–H and O–H groups in total. The van der Waals surface area contributed by atoms with Crippen molar-refractivity contribution >= 4 is 22.6 Å². The largest absolute Gasteiger partial charge is 0.481 e. The van der Waals surface area contributed by atoms with Crippen LogP contribution in [0, 0.1) is 11.8 Å². The molecule has 1 amide bonds. The van der Waals surface area contributed by atoms with Crippen LogP contribution in [0.3, 0.4) is 0 Å². The average molecular weight is 355 g/mol. The lowest BCUT2D eigenvalue weighted by Crippen LogP contribution is -2.34. The highest BCUT2D eigenvalue weighted by atomic mass is 19.4. The van der Waals surface area contributed by atoms with Crippen LogP contribution in [0.1, 0.15) is 10.5 Å². The summed E-state index contributed by atoms with van der Waals surface area (Å²) in [6, 6.07) is 6.04. The lowest BCUT2D eigenvalue weighted by Gasteiger charge is -2.18. The summed E-state index contributed by atoms with van der Waals surface area (Å²) in [6.45, 7) is -1.35. The Labute approximate surface area is 138 Å². The highest BCUT2D eigenvalue weighted by molar-refractivity contribution is 6.05. The first-order chi connectivity index (χ1) is 11.7. The standard InChI is InChI=1S/C15H12F3N3O4/c16-15(17,18)10-6-21(5-9(10)14(24)25)13(23)11-7-3-1-2-4-8(7)12(22)20-19-11/h1-4,9-10H,5-6H2,(H,20,22)(H,24,25)/t9-,10-/m1/s1. The van der Waals surface area contributed by atoms with Crippen LogP contribution in [-0.2, 0) is 4.79 Å². The number of likely N-dealkylation sites (tertiary alicyclic amines) is 1. The van der Waals surface area contributed by atoms with Crippen molar-refractivity contribution in [3.05, 3.63) is 40.3 Å². The van der Waals surface area contributed by atoms with Gasteiger partial charge in [-0.3, -0.25) is 14.4 Å². The third kappa shape index (κ3) is 2.94. The van der Waals surface area contributed by atoms with Gasteiger partial charge in [0.1, 0.15) is 0 Å². The minimum Gasteiger partial charge on any atom is -0.481 e. The quantitative estimate of drug-likeness (QED) is 0.844. The summed E-state index contributed by atoms with van der Waals surface area (Å²) in [4.78, 5) is 36.3. The fourth-order valence-electron chi connectivity index (χ4n) is 2.98. The van der Waals surface area contributed by atoms with E-state index in [1.165, 1.54) is 12.1 Å². The Morgan fingerprint density at radius 2 is 1.84 bits per heavy atom. The van der Waals surface area contributed by atoms with E-state index in [0.717, 1.165) is 4.90 Å². The van der Waals surface area contributed by atoms with Gasteiger partial charge in [-0.05, 0) is 6.07 Å². The van der Waals surface area contributed by atoms with E-state index in [0.29, 0.717) is 0 Å². The number of halogens is 3. The number of benzene rings is 1. The van der Waals surface area contributed by atoms with Gasteiger partial charge in [0.15, 0.2) is 5.69 Å². The molecule has 7 nitrogen and oxygen atoms in total. The van der Waals surface area contributed by atoms with Gasteiger partial charge in [-0.1, -0.05) is 18.2 Å². The molecular weight excluding hydrogens is 343 g/mol. The van der Waals surface area contributed by atoms with Crippen LogP contribution in [0.5, 0.6) is 0 Å². The number of carboxylic acids is 1. The number of carboxylic acid groups (broad SMARTS) is 1. The van der Waals surface area contributed by atoms with E-state index in [4.69, 9.17) is 5.11 Å². The summed E-state index contributed by atoms with van der Waals surface area (Å²) in [6.07, 6.45) is -4.74. The van der Waals surface area contributed by atoms with Crippen molar-refractivity contribution in [1.29, 1.82) is 0 Å². The number of carbonyl (C=O) groups is 2. The first-order valence-corrected chi connectivity index (χ1v) is 7.26. The van der Waals surface area contributed by atoms with Crippen molar-refractivity contribution in [2.75, 3.05) is 13.1 Å². The summed E-state index contributed by atoms with van der Waals surface area (Å²) >= 11 is 0. The molecule has 0 aliphatic carbocycles. The maximum absolute atomic E-state index is 13.1. The minimum absolute atomic E-state index is 0.169. The molecule has 1 aliphatic heterocycles. The molecule has 0 spiro atoms. The fraction of sp³-hybridized carbons (Fsp3) is 0.333. The van der Waals surface area contributed by atoms with Crippen LogP contribution in [-0.4, -0.2) is 51.3 Å². The number of rotatable bonds is 2. The van der Waals surface area contributed by atoms with Crippen molar-refractivity contribution in [3.63, 3.8) is 0 Å². The summed E-state index contributed by atoms with van der Waals surface area (Å²) in [7, 11) is 0. The molecule has 3 rings (SSSR count). The van der Waals surface area contributed by atoms with Crippen molar-refractivity contribution < 1.29 is 27.9 Å². The Bertz CT molecular complexity index is 909. The number of H-pyrrole nitrogens is 1. The molecule has 25 heavy (non-hydrogen) atoms. The molecule has 0 unspecified atom stereocenters. The molecule has 1 fully saturated rings. The van der Waals surface area contributed by atoms with E-state index in [9.17, 15) is 27.6 Å². The Kier molecular flexibility index (Phi) is 3.97. The number of hydrogen-bond donors (Lipinski definition) is 2. The predicted octanol–water partition coefficient (Wildman–Crippen LogP) is 1.26. The average Bonchev–Trinajstić information content (AvgIpc) is 3.01. The van der Waals surface area contributed by atoms with Crippen LogP contribution in [0.25, 0.3) is 10.8 Å². The summed E-state index contributed by atoms with van der Waals surface area (Å²) in [5, 5.41) is 15.2. The highest BCUT2D eigenvalue weighted by Gasteiger charge is 2.53. The van der Waals surface area contributed by atoms with Gasteiger partial charge in [0.05, 0.1) is 17.2 Å². The van der Waals surface area contributed by atoms with Gasteiger partial charge >= 0.3 is 12.1 Å². The summed E-state index contributed by atoms with van der Waals surface area (Å²) in [5.74, 6) is -6.36. The van der Waals surface area contributed by atoms with Gasteiger partial charge in [0.25, 0.3) is 11.5 Å². The number of alkyl halides is 3. The van der Waals surface area contributed by atoms with Crippen LogP contribution < -0.4 is 5.56 Å². The zero-order chi connectivity index (χ0) is 18.4. The van der Waals surface area contributed by atoms with Crippen LogP contribution in [0.15, 0.2) is 29.1 Å². The second-order valence-corrected chi connectivity index (χ2v) is 5.75. The van der Waals surface area contributed by atoms with Crippen LogP contribution in [0.4, 0.5) is 13.2 Å². The van der Waals surface area contributed by atoms with Crippen LogP contribution >= 0.6 is 0 Å². The van der Waals surface area contributed by atoms with Crippen molar-refractivity contribution in [2.45, 2.75) is 6.18 Å². The molecule has 0 radical (unpaired) electrons. The number of amides is 1. The number of carbonyl (C=O) groups excluding carboxylic acids is 1. The van der Waals surface area contributed by atoms with Crippen molar-refractivity contribution in [1.82, 2.24) is 15.1 Å². The zero-order valence-corrected chi connectivity index (χ0v) is 12.6. The van der Waals surface area contributed by atoms with Gasteiger partial charge in [0, 0.05) is 18.5 Å². The van der Waals surface area contributed by atoms with E-state index >= 15 is 0 Å². The van der Waals surface area contributed by atoms with Crippen LogP contribution in [0.2, 0.25) is 0 Å². The SMILES string of the molecule is O=C(O)[C@@H]1CN(C(=O)c2n[nH]c(=O)c3ccccc23)C[C@H]1C(F)(F)F. The maximum atomic E-state index is 13.1. The molecule has 1 aromatic heterocycles. The fourth-order valence-corrected chi connectivity index (χ4v) is 2.98. The minimum atomic E-state index is -4.74. The van der Waals surface area contributed by atoms with Gasteiger partial charge in [0.2, 0.25) is 0 Å². The number of hydrogen-bond acceptors (Lipinski definition) is 4. The maximum Gasteiger partial charge on any atom is 0.394 e. The first-order valence-electron chi connectivity index (χ1n) is 7.26. The lowest BCUT2D eigenvalue weighted by atomic mass is 9.96. The highest BCUT2D eigenvalue weighted by Crippen LogP contribution is 2.38. The summed E-state index contributed by atoms with van der Waals surface area (Å²) in [5.41, 5.74) is -0.757. The third-order valence-electron chi connectivity index (χ3n) is 4.24. The number of aromatic amines is 1. The molecule has 1 saturated heterocycles. The molecule has 0 saturated carbocycles. The molecule has 0 bridgehead atoms. The molecule has 132 valence electrons. The van der Waals surface area contributed by atoms with Crippen molar-refractivity contribution in [2.24, 2.45) is 11.8 Å². The smallest absolute Gasteiger partial charge is 0.394 e. The van der Waals surface area contributed by atoms with Crippen molar-refractivity contribution in [3.8, 4) is 0 Å². The van der Waals surface area contributed by atoms with E-state index in [2.05, 4.69) is 10.2 Å². The Hall–Kier alpha value is -2.91. The molecule has 10 heteroatoms. The normalized spacial score (nSPS) is 20.8. The number of nitrogens with zero attached hydrogens (tertiary/aromatic N) is 2. The molecule has 1 aromatic carbocycles. The third-order valence-corrected chi connectivity index (χ3v) is 4.24. The molecular formula is C15H12F3N3O4. The van der Waals surface area contributed by atoms with E-state index < -0.39 is 48.5 Å². The van der Waals surface area contributed by atoms with Gasteiger partial charge < -0.3 is 10.0 Å². The number of aromatic nitrogens is 2. The Morgan fingerprint density at radius 1 is 1.20 bits per heavy atom. The molecule has 1 aliphatic rings. The number of fused-ring (bicyclic) bond motifs is 1. The second kappa shape index (κ2) is 5.87. The Morgan fingerprint density at radius 3 is 2.40 bits per heavy atom. The summed E-state index contributed by atoms with van der Waals surface area (Å²) < 4.78 is 39.2. The predicted molar refractivity (Wildman–Crippen MR) is 78.9 cm³/mol. The molecule has 2 atom stereocenters. The van der Waals surface area contributed by atoms with Gasteiger partial charge in [-0.25, -0.2) is 5.10 Å². The molecule has 2 heterocycles. The molecule has 2 aromatic rings. The van der Waals surface area contributed by atoms with Gasteiger partial charge in [-0.2, -0.15) is 18.3 Å². The topological polar surface area (TPSA) is 103 Å². The van der Waals surface area contributed by atoms with E-state index in [1.807, 2.05) is 0 Å². The number of nitrogens with one attached hydrogen (secondary N) is 1.